The van der Waals surface area contributed by atoms with Crippen LogP contribution in [0.3, 0.4) is 0 Å². The number of halogens is 1. The van der Waals surface area contributed by atoms with Crippen LogP contribution in [0, 0.1) is 0 Å². The molecule has 3 heteroatoms. The third kappa shape index (κ3) is 2.03. The summed E-state index contributed by atoms with van der Waals surface area (Å²) < 4.78 is 1.03. The lowest BCUT2D eigenvalue weighted by Gasteiger charge is -2.09. The van der Waals surface area contributed by atoms with Crippen LogP contribution in [0.15, 0.2) is 34.8 Å². The molecule has 1 atom stereocenters. The first kappa shape index (κ1) is 10.6. The van der Waals surface area contributed by atoms with E-state index in [0.717, 1.165) is 21.1 Å². The smallest absolute Gasteiger partial charge is 0.0847 e. The minimum Gasteiger partial charge on any atom is -0.330 e. The molecule has 0 aliphatic heterocycles. The first-order valence-electron chi connectivity index (χ1n) is 4.97. The van der Waals surface area contributed by atoms with Crippen molar-refractivity contribution in [1.29, 1.82) is 0 Å². The van der Waals surface area contributed by atoms with E-state index < -0.39 is 0 Å². The van der Waals surface area contributed by atoms with E-state index in [2.05, 4.69) is 40.0 Å². The summed E-state index contributed by atoms with van der Waals surface area (Å²) in [6.07, 6.45) is 0. The van der Waals surface area contributed by atoms with E-state index in [1.807, 2.05) is 18.2 Å². The molecule has 2 N–H and O–H groups in total. The highest BCUT2D eigenvalue weighted by molar-refractivity contribution is 9.10. The molecule has 0 aliphatic rings. The van der Waals surface area contributed by atoms with E-state index in [4.69, 9.17) is 5.73 Å². The summed E-state index contributed by atoms with van der Waals surface area (Å²) in [7, 11) is 0. The van der Waals surface area contributed by atoms with Gasteiger partial charge in [0.05, 0.1) is 5.52 Å². The monoisotopic (exact) mass is 264 g/mol. The van der Waals surface area contributed by atoms with Crippen LogP contribution in [0.4, 0.5) is 0 Å². The van der Waals surface area contributed by atoms with Crippen molar-refractivity contribution < 1.29 is 0 Å². The van der Waals surface area contributed by atoms with E-state index in [0.29, 0.717) is 12.5 Å². The minimum atomic E-state index is 0.307. The van der Waals surface area contributed by atoms with E-state index >= 15 is 0 Å². The SMILES string of the molecule is CC(CN)c1ccc2cccc(Br)c2n1. The second-order valence-electron chi connectivity index (χ2n) is 3.68. The average molecular weight is 265 g/mol. The molecule has 1 unspecified atom stereocenters. The molecule has 0 aliphatic carbocycles. The summed E-state index contributed by atoms with van der Waals surface area (Å²) in [6, 6.07) is 10.2. The van der Waals surface area contributed by atoms with Crippen molar-refractivity contribution in [3.8, 4) is 0 Å². The Morgan fingerprint density at radius 1 is 1.33 bits per heavy atom. The molecule has 1 aromatic carbocycles. The molecule has 0 saturated carbocycles. The molecule has 1 aromatic heterocycles. The molecule has 0 saturated heterocycles. The Labute approximate surface area is 97.6 Å². The van der Waals surface area contributed by atoms with Gasteiger partial charge in [0, 0.05) is 28.0 Å². The number of hydrogen-bond acceptors (Lipinski definition) is 2. The molecule has 2 aromatic rings. The van der Waals surface area contributed by atoms with Gasteiger partial charge in [-0.3, -0.25) is 4.98 Å². The highest BCUT2D eigenvalue weighted by Gasteiger charge is 2.06. The Bertz CT molecular complexity index is 482. The van der Waals surface area contributed by atoms with E-state index in [1.54, 1.807) is 0 Å². The predicted molar refractivity (Wildman–Crippen MR) is 66.9 cm³/mol. The van der Waals surface area contributed by atoms with Crippen molar-refractivity contribution in [2.45, 2.75) is 12.8 Å². The zero-order valence-corrected chi connectivity index (χ0v) is 10.2. The van der Waals surface area contributed by atoms with Gasteiger partial charge in [0.1, 0.15) is 0 Å². The van der Waals surface area contributed by atoms with Gasteiger partial charge >= 0.3 is 0 Å². The van der Waals surface area contributed by atoms with E-state index in [9.17, 15) is 0 Å². The third-order valence-corrected chi connectivity index (χ3v) is 3.19. The summed E-state index contributed by atoms with van der Waals surface area (Å²) in [5.74, 6) is 0.307. The number of fused-ring (bicyclic) bond motifs is 1. The van der Waals surface area contributed by atoms with Gasteiger partial charge in [0.25, 0.3) is 0 Å². The third-order valence-electron chi connectivity index (χ3n) is 2.55. The molecular weight excluding hydrogens is 252 g/mol. The first-order valence-corrected chi connectivity index (χ1v) is 5.77. The number of hydrogen-bond donors (Lipinski definition) is 1. The lowest BCUT2D eigenvalue weighted by Crippen LogP contribution is -2.10. The second-order valence-corrected chi connectivity index (χ2v) is 4.54. The summed E-state index contributed by atoms with van der Waals surface area (Å²) in [5, 5.41) is 1.15. The van der Waals surface area contributed by atoms with Gasteiger partial charge < -0.3 is 5.73 Å². The predicted octanol–water partition coefficient (Wildman–Crippen LogP) is 3.06. The number of aromatic nitrogens is 1. The van der Waals surface area contributed by atoms with Gasteiger partial charge in [-0.1, -0.05) is 25.1 Å². The molecule has 2 nitrogen and oxygen atoms in total. The summed E-state index contributed by atoms with van der Waals surface area (Å²) >= 11 is 3.51. The van der Waals surface area contributed by atoms with Crippen molar-refractivity contribution in [2.24, 2.45) is 5.73 Å². The standard InChI is InChI=1S/C12H13BrN2/c1-8(7-14)11-6-5-9-3-2-4-10(13)12(9)15-11/h2-6,8H,7,14H2,1H3. The van der Waals surface area contributed by atoms with Crippen LogP contribution in [0.25, 0.3) is 10.9 Å². The van der Waals surface area contributed by atoms with Gasteiger partial charge in [-0.05, 0) is 28.1 Å². The fraction of sp³-hybridized carbons (Fsp3) is 0.250. The molecule has 2 rings (SSSR count). The van der Waals surface area contributed by atoms with Crippen LogP contribution in [-0.2, 0) is 0 Å². The maximum atomic E-state index is 5.63. The molecule has 0 bridgehead atoms. The Morgan fingerprint density at radius 2 is 2.13 bits per heavy atom. The van der Waals surface area contributed by atoms with Crippen LogP contribution < -0.4 is 5.73 Å². The quantitative estimate of drug-likeness (QED) is 0.906. The van der Waals surface area contributed by atoms with Crippen LogP contribution in [0.1, 0.15) is 18.5 Å². The number of benzene rings is 1. The number of nitrogens with zero attached hydrogens (tertiary/aromatic N) is 1. The highest BCUT2D eigenvalue weighted by atomic mass is 79.9. The topological polar surface area (TPSA) is 38.9 Å². The molecular formula is C12H13BrN2. The van der Waals surface area contributed by atoms with Crippen molar-refractivity contribution >= 4 is 26.8 Å². The molecule has 0 radical (unpaired) electrons. The molecule has 78 valence electrons. The molecule has 0 fully saturated rings. The number of nitrogens with two attached hydrogens (primary N) is 1. The summed E-state index contributed by atoms with van der Waals surface area (Å²) in [6.45, 7) is 2.72. The summed E-state index contributed by atoms with van der Waals surface area (Å²) in [4.78, 5) is 4.62. The van der Waals surface area contributed by atoms with Gasteiger partial charge in [-0.2, -0.15) is 0 Å². The number of rotatable bonds is 2. The van der Waals surface area contributed by atoms with Crippen molar-refractivity contribution in [3.05, 3.63) is 40.5 Å². The minimum absolute atomic E-state index is 0.307. The van der Waals surface area contributed by atoms with Gasteiger partial charge in [0.2, 0.25) is 0 Å². The molecule has 1 heterocycles. The largest absolute Gasteiger partial charge is 0.330 e. The molecule has 0 amide bonds. The average Bonchev–Trinajstić information content (AvgIpc) is 2.28. The van der Waals surface area contributed by atoms with Gasteiger partial charge in [-0.15, -0.1) is 0 Å². The lowest BCUT2D eigenvalue weighted by atomic mass is 10.1. The highest BCUT2D eigenvalue weighted by Crippen LogP contribution is 2.23. The van der Waals surface area contributed by atoms with Crippen LogP contribution in [0.5, 0.6) is 0 Å². The van der Waals surface area contributed by atoms with Crippen LogP contribution >= 0.6 is 15.9 Å². The van der Waals surface area contributed by atoms with Crippen molar-refractivity contribution in [2.75, 3.05) is 6.54 Å². The van der Waals surface area contributed by atoms with Gasteiger partial charge in [-0.25, -0.2) is 0 Å². The Balaban J connectivity index is 2.59. The zero-order valence-electron chi connectivity index (χ0n) is 8.57. The molecule has 15 heavy (non-hydrogen) atoms. The van der Waals surface area contributed by atoms with Gasteiger partial charge in [0.15, 0.2) is 0 Å². The van der Waals surface area contributed by atoms with Crippen LogP contribution in [-0.4, -0.2) is 11.5 Å². The van der Waals surface area contributed by atoms with E-state index in [-0.39, 0.29) is 0 Å². The Kier molecular flexibility index (Phi) is 3.03. The fourth-order valence-corrected chi connectivity index (χ4v) is 1.99. The first-order chi connectivity index (χ1) is 7.22. The second kappa shape index (κ2) is 4.29. The van der Waals surface area contributed by atoms with E-state index in [1.165, 1.54) is 0 Å². The molecule has 0 spiro atoms. The van der Waals surface area contributed by atoms with Crippen LogP contribution in [0.2, 0.25) is 0 Å². The fourth-order valence-electron chi connectivity index (χ4n) is 1.52. The maximum Gasteiger partial charge on any atom is 0.0847 e. The Hall–Kier alpha value is -0.930. The number of para-hydroxylation sites is 1. The normalized spacial score (nSPS) is 13.0. The van der Waals surface area contributed by atoms with Crippen molar-refractivity contribution in [3.63, 3.8) is 0 Å². The van der Waals surface area contributed by atoms with Crippen molar-refractivity contribution in [1.82, 2.24) is 4.98 Å². The maximum absolute atomic E-state index is 5.63. The summed E-state index contributed by atoms with van der Waals surface area (Å²) in [5.41, 5.74) is 7.70. The zero-order chi connectivity index (χ0) is 10.8. The Morgan fingerprint density at radius 3 is 2.87 bits per heavy atom. The number of pyridine rings is 1. The lowest BCUT2D eigenvalue weighted by molar-refractivity contribution is 0.749.